The molecule has 2 fully saturated rings. The van der Waals surface area contributed by atoms with Crippen LogP contribution in [0.1, 0.15) is 23.1 Å². The number of morpholine rings is 1. The van der Waals surface area contributed by atoms with Gasteiger partial charge in [-0.2, -0.15) is 0 Å². The average Bonchev–Trinajstić information content (AvgIpc) is 3.28. The second kappa shape index (κ2) is 11.0. The molecule has 1 unspecified atom stereocenters. The lowest BCUT2D eigenvalue weighted by Gasteiger charge is -2.27. The number of aryl methyl sites for hydroxylation is 1. The molecule has 0 saturated carbocycles. The van der Waals surface area contributed by atoms with E-state index in [1.54, 1.807) is 0 Å². The fourth-order valence-corrected chi connectivity index (χ4v) is 4.67. The molecule has 2 heterocycles. The molecule has 2 amide bonds. The van der Waals surface area contributed by atoms with Crippen molar-refractivity contribution in [2.75, 3.05) is 50.8 Å². The van der Waals surface area contributed by atoms with E-state index in [1.807, 2.05) is 18.2 Å². The van der Waals surface area contributed by atoms with E-state index in [0.29, 0.717) is 19.0 Å². The van der Waals surface area contributed by atoms with Crippen LogP contribution >= 0.6 is 11.6 Å². The van der Waals surface area contributed by atoms with Crippen molar-refractivity contribution in [2.45, 2.75) is 26.4 Å². The average molecular weight is 457 g/mol. The zero-order chi connectivity index (χ0) is 22.3. The Balaban J connectivity index is 1.23. The van der Waals surface area contributed by atoms with Crippen molar-refractivity contribution in [3.63, 3.8) is 0 Å². The number of benzene rings is 2. The first-order chi connectivity index (χ1) is 15.6. The van der Waals surface area contributed by atoms with E-state index in [1.165, 1.54) is 16.8 Å². The second-order valence-electron chi connectivity index (χ2n) is 8.75. The number of hydrogen-bond acceptors (Lipinski definition) is 4. The van der Waals surface area contributed by atoms with Gasteiger partial charge in [0.25, 0.3) is 0 Å². The quantitative estimate of drug-likeness (QED) is 0.665. The SMILES string of the molecule is Cc1ccc(Cl)cc1N1CCC(CNC(=O)NCc2ccccc2CN2CCOCC2)C1. The van der Waals surface area contributed by atoms with Crippen molar-refractivity contribution in [1.82, 2.24) is 15.5 Å². The number of anilines is 1. The molecular formula is C25H33ClN4O2. The van der Waals surface area contributed by atoms with Gasteiger partial charge in [0.2, 0.25) is 0 Å². The summed E-state index contributed by atoms with van der Waals surface area (Å²) in [5, 5.41) is 6.86. The first-order valence-electron chi connectivity index (χ1n) is 11.5. The minimum atomic E-state index is -0.108. The van der Waals surface area contributed by atoms with Crippen LogP contribution in [0.5, 0.6) is 0 Å². The number of nitrogens with one attached hydrogen (secondary N) is 2. The van der Waals surface area contributed by atoms with Gasteiger partial charge in [-0.3, -0.25) is 4.90 Å². The van der Waals surface area contributed by atoms with Gasteiger partial charge in [0, 0.05) is 56.5 Å². The van der Waals surface area contributed by atoms with Gasteiger partial charge in [0.05, 0.1) is 13.2 Å². The summed E-state index contributed by atoms with van der Waals surface area (Å²) in [6.07, 6.45) is 1.06. The van der Waals surface area contributed by atoms with E-state index >= 15 is 0 Å². The van der Waals surface area contributed by atoms with Gasteiger partial charge in [-0.05, 0) is 48.1 Å². The Labute approximate surface area is 195 Å². The Morgan fingerprint density at radius 3 is 2.69 bits per heavy atom. The van der Waals surface area contributed by atoms with Gasteiger partial charge >= 0.3 is 6.03 Å². The van der Waals surface area contributed by atoms with Crippen molar-refractivity contribution in [2.24, 2.45) is 5.92 Å². The monoisotopic (exact) mass is 456 g/mol. The van der Waals surface area contributed by atoms with Crippen molar-refractivity contribution < 1.29 is 9.53 Å². The van der Waals surface area contributed by atoms with E-state index in [4.69, 9.17) is 16.3 Å². The number of hydrogen-bond donors (Lipinski definition) is 2. The summed E-state index contributed by atoms with van der Waals surface area (Å²) in [7, 11) is 0. The number of halogens is 1. The molecule has 32 heavy (non-hydrogen) atoms. The molecule has 0 aromatic heterocycles. The highest BCUT2D eigenvalue weighted by molar-refractivity contribution is 6.30. The van der Waals surface area contributed by atoms with Crippen molar-refractivity contribution >= 4 is 23.3 Å². The van der Waals surface area contributed by atoms with Gasteiger partial charge in [-0.25, -0.2) is 4.79 Å². The van der Waals surface area contributed by atoms with Crippen molar-refractivity contribution in [3.8, 4) is 0 Å². The Hall–Kier alpha value is -2.28. The number of nitrogens with zero attached hydrogens (tertiary/aromatic N) is 2. The van der Waals surface area contributed by atoms with Crippen LogP contribution in [0, 0.1) is 12.8 Å². The molecule has 2 aromatic rings. The Morgan fingerprint density at radius 1 is 1.09 bits per heavy atom. The maximum Gasteiger partial charge on any atom is 0.315 e. The summed E-state index contributed by atoms with van der Waals surface area (Å²) in [6.45, 7) is 9.63. The van der Waals surface area contributed by atoms with Crippen LogP contribution in [0.4, 0.5) is 10.5 Å². The molecular weight excluding hydrogens is 424 g/mol. The van der Waals surface area contributed by atoms with Gasteiger partial charge in [-0.1, -0.05) is 41.9 Å². The highest BCUT2D eigenvalue weighted by Crippen LogP contribution is 2.29. The molecule has 0 radical (unpaired) electrons. The van der Waals surface area contributed by atoms with Crippen molar-refractivity contribution in [1.29, 1.82) is 0 Å². The molecule has 2 N–H and O–H groups in total. The third kappa shape index (κ3) is 6.15. The zero-order valence-electron chi connectivity index (χ0n) is 18.8. The summed E-state index contributed by atoms with van der Waals surface area (Å²) in [5.74, 6) is 0.438. The minimum Gasteiger partial charge on any atom is -0.379 e. The van der Waals surface area contributed by atoms with Crippen LogP contribution in [-0.2, 0) is 17.8 Å². The summed E-state index contributed by atoms with van der Waals surface area (Å²) in [4.78, 5) is 17.2. The summed E-state index contributed by atoms with van der Waals surface area (Å²) < 4.78 is 5.44. The molecule has 7 heteroatoms. The van der Waals surface area contributed by atoms with Crippen LogP contribution in [0.25, 0.3) is 0 Å². The van der Waals surface area contributed by atoms with Crippen LogP contribution in [0.2, 0.25) is 5.02 Å². The van der Waals surface area contributed by atoms with Gasteiger partial charge in [0.1, 0.15) is 0 Å². The molecule has 2 aliphatic heterocycles. The number of amides is 2. The smallest absolute Gasteiger partial charge is 0.315 e. The number of carbonyl (C=O) groups is 1. The predicted octanol–water partition coefficient (Wildman–Crippen LogP) is 3.81. The van der Waals surface area contributed by atoms with Gasteiger partial charge in [-0.15, -0.1) is 0 Å². The molecule has 6 nitrogen and oxygen atoms in total. The summed E-state index contributed by atoms with van der Waals surface area (Å²) >= 11 is 6.19. The lowest BCUT2D eigenvalue weighted by molar-refractivity contribution is 0.0341. The first kappa shape index (κ1) is 22.9. The minimum absolute atomic E-state index is 0.108. The zero-order valence-corrected chi connectivity index (χ0v) is 19.5. The fraction of sp³-hybridized carbons (Fsp3) is 0.480. The molecule has 2 aromatic carbocycles. The first-order valence-corrected chi connectivity index (χ1v) is 11.9. The lowest BCUT2D eigenvalue weighted by Crippen LogP contribution is -2.39. The maximum absolute atomic E-state index is 12.4. The largest absolute Gasteiger partial charge is 0.379 e. The van der Waals surface area contributed by atoms with Gasteiger partial charge < -0.3 is 20.3 Å². The molecule has 0 spiro atoms. The van der Waals surface area contributed by atoms with E-state index in [9.17, 15) is 4.79 Å². The lowest BCUT2D eigenvalue weighted by atomic mass is 10.1. The van der Waals surface area contributed by atoms with E-state index in [0.717, 1.165) is 62.9 Å². The Morgan fingerprint density at radius 2 is 1.88 bits per heavy atom. The van der Waals surface area contributed by atoms with E-state index < -0.39 is 0 Å². The topological polar surface area (TPSA) is 56.8 Å². The van der Waals surface area contributed by atoms with Crippen LogP contribution in [0.3, 0.4) is 0 Å². The molecule has 0 bridgehead atoms. The molecule has 172 valence electrons. The number of urea groups is 1. The molecule has 2 aliphatic rings. The maximum atomic E-state index is 12.4. The van der Waals surface area contributed by atoms with Crippen LogP contribution < -0.4 is 15.5 Å². The predicted molar refractivity (Wildman–Crippen MR) is 129 cm³/mol. The molecule has 1 atom stereocenters. The second-order valence-corrected chi connectivity index (χ2v) is 9.19. The van der Waals surface area contributed by atoms with Crippen LogP contribution in [-0.4, -0.2) is 56.9 Å². The van der Waals surface area contributed by atoms with Crippen molar-refractivity contribution in [3.05, 3.63) is 64.2 Å². The van der Waals surface area contributed by atoms with E-state index in [-0.39, 0.29) is 6.03 Å². The summed E-state index contributed by atoms with van der Waals surface area (Å²) in [5.41, 5.74) is 4.86. The number of carbonyl (C=O) groups excluding carboxylic acids is 1. The third-order valence-electron chi connectivity index (χ3n) is 6.40. The van der Waals surface area contributed by atoms with Gasteiger partial charge in [0.15, 0.2) is 0 Å². The van der Waals surface area contributed by atoms with Crippen LogP contribution in [0.15, 0.2) is 42.5 Å². The molecule has 2 saturated heterocycles. The number of ether oxygens (including phenoxy) is 1. The van der Waals surface area contributed by atoms with E-state index in [2.05, 4.69) is 51.6 Å². The summed E-state index contributed by atoms with van der Waals surface area (Å²) in [6, 6.07) is 14.3. The number of rotatable bonds is 7. The highest BCUT2D eigenvalue weighted by Gasteiger charge is 2.24. The molecule has 4 rings (SSSR count). The third-order valence-corrected chi connectivity index (χ3v) is 6.64. The fourth-order valence-electron chi connectivity index (χ4n) is 4.50. The normalized spacial score (nSPS) is 19.2. The Bertz CT molecular complexity index is 917. The highest BCUT2D eigenvalue weighted by atomic mass is 35.5. The Kier molecular flexibility index (Phi) is 7.90. The molecule has 0 aliphatic carbocycles. The standard InChI is InChI=1S/C25H33ClN4O2/c1-19-6-7-23(26)14-24(19)30-9-8-20(17-30)15-27-25(31)28-16-21-4-2-3-5-22(21)18-29-10-12-32-13-11-29/h2-7,14,20H,8-13,15-18H2,1H3,(H2,27,28,31).